The lowest BCUT2D eigenvalue weighted by Crippen LogP contribution is -2.41. The van der Waals surface area contributed by atoms with E-state index in [0.717, 1.165) is 0 Å². The van der Waals surface area contributed by atoms with E-state index in [2.05, 4.69) is 10.1 Å². The third-order valence-corrected chi connectivity index (χ3v) is 6.03. The molecule has 1 N–H and O–H groups in total. The Hall–Kier alpha value is -4.27. The van der Waals surface area contributed by atoms with E-state index in [-0.39, 0.29) is 23.7 Å². The molecule has 4 rings (SSSR count). The summed E-state index contributed by atoms with van der Waals surface area (Å²) >= 11 is 0. The van der Waals surface area contributed by atoms with Gasteiger partial charge in [0.05, 0.1) is 0 Å². The summed E-state index contributed by atoms with van der Waals surface area (Å²) in [4.78, 5) is 27.0. The average molecular weight is 525 g/mol. The van der Waals surface area contributed by atoms with Crippen molar-refractivity contribution in [2.45, 2.75) is 32.2 Å². The van der Waals surface area contributed by atoms with E-state index in [1.54, 1.807) is 59.5 Å². The lowest BCUT2D eigenvalue weighted by atomic mass is 9.99. The van der Waals surface area contributed by atoms with Crippen molar-refractivity contribution in [3.63, 3.8) is 0 Å². The van der Waals surface area contributed by atoms with Gasteiger partial charge in [-0.15, -0.1) is 13.2 Å². The van der Waals surface area contributed by atoms with Gasteiger partial charge in [0.25, 0.3) is 5.91 Å². The number of alkyl halides is 3. The van der Waals surface area contributed by atoms with Crippen LogP contribution in [-0.4, -0.2) is 42.3 Å². The molecule has 0 unspecified atom stereocenters. The summed E-state index contributed by atoms with van der Waals surface area (Å²) in [5.41, 5.74) is 2.04. The SMILES string of the molecule is CC=CC(=O)N1CCC(Oc2cccc(NC(=O)c3ccccc3-c3ccc(OC(F)(F)F)cc3)c2)CC1. The topological polar surface area (TPSA) is 67.9 Å². The fraction of sp³-hybridized carbons (Fsp3) is 0.241. The van der Waals surface area contributed by atoms with Gasteiger partial charge in [-0.2, -0.15) is 0 Å². The van der Waals surface area contributed by atoms with E-state index in [1.165, 1.54) is 24.3 Å². The summed E-state index contributed by atoms with van der Waals surface area (Å²) in [6.45, 7) is 3.04. The van der Waals surface area contributed by atoms with Gasteiger partial charge >= 0.3 is 6.36 Å². The number of hydrogen-bond donors (Lipinski definition) is 1. The van der Waals surface area contributed by atoms with Crippen LogP contribution in [0.5, 0.6) is 11.5 Å². The smallest absolute Gasteiger partial charge is 0.490 e. The standard InChI is InChI=1S/C29H27F3N2O4/c1-2-6-27(35)34-17-15-22(16-18-34)37-24-8-5-7-21(19-24)33-28(36)26-10-4-3-9-25(26)20-11-13-23(14-12-20)38-29(30,31)32/h2-14,19,22H,15-18H2,1H3,(H,33,36). The molecule has 198 valence electrons. The Labute approximate surface area is 218 Å². The minimum absolute atomic E-state index is 0.00141. The van der Waals surface area contributed by atoms with Crippen molar-refractivity contribution < 1.29 is 32.2 Å². The van der Waals surface area contributed by atoms with Gasteiger partial charge in [-0.1, -0.05) is 42.5 Å². The highest BCUT2D eigenvalue weighted by molar-refractivity contribution is 6.08. The Morgan fingerprint density at radius 1 is 0.947 bits per heavy atom. The monoisotopic (exact) mass is 524 g/mol. The highest BCUT2D eigenvalue weighted by Crippen LogP contribution is 2.29. The van der Waals surface area contributed by atoms with Crippen LogP contribution in [-0.2, 0) is 4.79 Å². The van der Waals surface area contributed by atoms with E-state index in [1.807, 2.05) is 13.0 Å². The van der Waals surface area contributed by atoms with Gasteiger partial charge in [-0.25, -0.2) is 0 Å². The zero-order valence-corrected chi connectivity index (χ0v) is 20.7. The number of allylic oxidation sites excluding steroid dienone is 1. The quantitative estimate of drug-likeness (QED) is 0.361. The Morgan fingerprint density at radius 3 is 2.34 bits per heavy atom. The second kappa shape index (κ2) is 11.9. The number of likely N-dealkylation sites (tertiary alicyclic amines) is 1. The number of hydrogen-bond acceptors (Lipinski definition) is 4. The molecule has 1 saturated heterocycles. The number of anilines is 1. The van der Waals surface area contributed by atoms with E-state index >= 15 is 0 Å². The van der Waals surface area contributed by atoms with Gasteiger partial charge in [-0.3, -0.25) is 9.59 Å². The fourth-order valence-electron chi connectivity index (χ4n) is 4.25. The van der Waals surface area contributed by atoms with Crippen LogP contribution in [0.3, 0.4) is 0 Å². The molecule has 38 heavy (non-hydrogen) atoms. The number of carbonyl (C=O) groups is 2. The second-order valence-corrected chi connectivity index (χ2v) is 8.74. The van der Waals surface area contributed by atoms with Crippen molar-refractivity contribution in [3.05, 3.63) is 90.5 Å². The molecular weight excluding hydrogens is 497 g/mol. The molecule has 0 spiro atoms. The summed E-state index contributed by atoms with van der Waals surface area (Å²) in [5.74, 6) is -0.102. The number of benzene rings is 3. The first-order valence-electron chi connectivity index (χ1n) is 12.2. The highest BCUT2D eigenvalue weighted by Gasteiger charge is 2.31. The zero-order chi connectivity index (χ0) is 27.1. The molecule has 9 heteroatoms. The molecular formula is C29H27F3N2O4. The van der Waals surface area contributed by atoms with Gasteiger partial charge in [0, 0.05) is 43.2 Å². The molecule has 0 atom stereocenters. The van der Waals surface area contributed by atoms with Crippen molar-refractivity contribution in [2.24, 2.45) is 0 Å². The normalized spacial score (nSPS) is 14.4. The van der Waals surface area contributed by atoms with Crippen LogP contribution in [0.2, 0.25) is 0 Å². The van der Waals surface area contributed by atoms with Gasteiger partial charge in [0.1, 0.15) is 17.6 Å². The fourth-order valence-corrected chi connectivity index (χ4v) is 4.25. The summed E-state index contributed by atoms with van der Waals surface area (Å²) in [6.07, 6.45) is -0.115. The van der Waals surface area contributed by atoms with E-state index in [9.17, 15) is 22.8 Å². The van der Waals surface area contributed by atoms with Crippen LogP contribution in [0.1, 0.15) is 30.1 Å². The van der Waals surface area contributed by atoms with Crippen molar-refractivity contribution >= 4 is 17.5 Å². The number of amides is 2. The predicted molar refractivity (Wildman–Crippen MR) is 138 cm³/mol. The predicted octanol–water partition coefficient (Wildman–Crippen LogP) is 6.45. The van der Waals surface area contributed by atoms with Gasteiger partial charge in [0.2, 0.25) is 5.91 Å². The Bertz CT molecular complexity index is 1300. The Morgan fingerprint density at radius 2 is 1.66 bits per heavy atom. The minimum atomic E-state index is -4.78. The molecule has 1 fully saturated rings. The zero-order valence-electron chi connectivity index (χ0n) is 20.7. The molecule has 0 radical (unpaired) electrons. The van der Waals surface area contributed by atoms with Crippen molar-refractivity contribution in [2.75, 3.05) is 18.4 Å². The first-order chi connectivity index (χ1) is 18.2. The van der Waals surface area contributed by atoms with Crippen LogP contribution < -0.4 is 14.8 Å². The summed E-state index contributed by atoms with van der Waals surface area (Å²) in [6, 6.07) is 19.3. The number of nitrogens with one attached hydrogen (secondary N) is 1. The van der Waals surface area contributed by atoms with Crippen LogP contribution in [0.15, 0.2) is 84.9 Å². The third kappa shape index (κ3) is 7.15. The van der Waals surface area contributed by atoms with E-state index < -0.39 is 6.36 Å². The van der Waals surface area contributed by atoms with Gasteiger partial charge in [0.15, 0.2) is 0 Å². The average Bonchev–Trinajstić information content (AvgIpc) is 2.89. The number of rotatable bonds is 7. The van der Waals surface area contributed by atoms with Crippen molar-refractivity contribution in [1.82, 2.24) is 4.90 Å². The number of halogens is 3. The largest absolute Gasteiger partial charge is 0.573 e. The maximum absolute atomic E-state index is 13.1. The molecule has 1 aliphatic rings. The van der Waals surface area contributed by atoms with Crippen LogP contribution in [0.25, 0.3) is 11.1 Å². The second-order valence-electron chi connectivity index (χ2n) is 8.74. The van der Waals surface area contributed by atoms with Crippen molar-refractivity contribution in [3.8, 4) is 22.6 Å². The third-order valence-electron chi connectivity index (χ3n) is 6.03. The number of piperidine rings is 1. The molecule has 3 aromatic rings. The Kier molecular flexibility index (Phi) is 8.35. The van der Waals surface area contributed by atoms with Crippen LogP contribution >= 0.6 is 0 Å². The van der Waals surface area contributed by atoms with Gasteiger partial charge in [-0.05, 0) is 54.5 Å². The molecule has 3 aromatic carbocycles. The van der Waals surface area contributed by atoms with Crippen LogP contribution in [0, 0.1) is 0 Å². The highest BCUT2D eigenvalue weighted by atomic mass is 19.4. The molecule has 6 nitrogen and oxygen atoms in total. The summed E-state index contributed by atoms with van der Waals surface area (Å²) in [7, 11) is 0. The minimum Gasteiger partial charge on any atom is -0.490 e. The molecule has 0 bridgehead atoms. The molecule has 1 aliphatic heterocycles. The summed E-state index contributed by atoms with van der Waals surface area (Å²) in [5, 5.41) is 2.87. The number of carbonyl (C=O) groups excluding carboxylic acids is 2. The van der Waals surface area contributed by atoms with E-state index in [4.69, 9.17) is 4.74 Å². The van der Waals surface area contributed by atoms with Crippen LogP contribution in [0.4, 0.5) is 18.9 Å². The first kappa shape index (κ1) is 26.8. The molecule has 2 amide bonds. The molecule has 1 heterocycles. The molecule has 0 saturated carbocycles. The number of ether oxygens (including phenoxy) is 2. The summed E-state index contributed by atoms with van der Waals surface area (Å²) < 4.78 is 47.5. The molecule has 0 aromatic heterocycles. The maximum Gasteiger partial charge on any atom is 0.573 e. The molecule has 0 aliphatic carbocycles. The first-order valence-corrected chi connectivity index (χ1v) is 12.2. The lowest BCUT2D eigenvalue weighted by Gasteiger charge is -2.31. The van der Waals surface area contributed by atoms with Crippen molar-refractivity contribution in [1.29, 1.82) is 0 Å². The Balaban J connectivity index is 1.41. The number of nitrogens with zero attached hydrogens (tertiary/aromatic N) is 1. The maximum atomic E-state index is 13.1. The lowest BCUT2D eigenvalue weighted by molar-refractivity contribution is -0.274. The van der Waals surface area contributed by atoms with E-state index in [0.29, 0.717) is 54.1 Å². The van der Waals surface area contributed by atoms with Gasteiger partial charge < -0.3 is 19.7 Å².